The van der Waals surface area contributed by atoms with Gasteiger partial charge in [0.1, 0.15) is 11.3 Å². The summed E-state index contributed by atoms with van der Waals surface area (Å²) in [5.41, 5.74) is 1.23. The average molecular weight is 345 g/mol. The Morgan fingerprint density at radius 1 is 1.19 bits per heavy atom. The van der Waals surface area contributed by atoms with Gasteiger partial charge in [-0.25, -0.2) is 0 Å². The van der Waals surface area contributed by atoms with E-state index in [1.54, 1.807) is 24.3 Å². The molecule has 0 radical (unpaired) electrons. The van der Waals surface area contributed by atoms with Crippen molar-refractivity contribution >= 4 is 32.7 Å². The van der Waals surface area contributed by atoms with E-state index in [0.717, 1.165) is 9.86 Å². The van der Waals surface area contributed by atoms with Crippen molar-refractivity contribution in [1.82, 2.24) is 0 Å². The zero-order valence-electron chi connectivity index (χ0n) is 11.4. The van der Waals surface area contributed by atoms with Gasteiger partial charge in [0.25, 0.3) is 0 Å². The maximum Gasteiger partial charge on any atom is 0.228 e. The molecule has 0 fully saturated rings. The summed E-state index contributed by atoms with van der Waals surface area (Å²) < 4.78 is 11.9. The number of hydrogen-bond acceptors (Lipinski definition) is 3. The van der Waals surface area contributed by atoms with Crippen LogP contribution in [-0.2, 0) is 0 Å². The molecule has 0 aliphatic heterocycles. The van der Waals surface area contributed by atoms with Gasteiger partial charge in [0.15, 0.2) is 5.76 Å². The molecule has 0 spiro atoms. The van der Waals surface area contributed by atoms with Crippen molar-refractivity contribution in [2.75, 3.05) is 6.61 Å². The molecule has 0 aliphatic rings. The van der Waals surface area contributed by atoms with Crippen LogP contribution in [0.25, 0.3) is 11.0 Å². The van der Waals surface area contributed by atoms with Crippen molar-refractivity contribution in [3.05, 3.63) is 64.3 Å². The number of rotatable bonds is 4. The molecule has 0 atom stereocenters. The Kier molecular flexibility index (Phi) is 3.80. The molecule has 3 aromatic rings. The highest BCUT2D eigenvalue weighted by molar-refractivity contribution is 9.10. The van der Waals surface area contributed by atoms with Crippen molar-refractivity contribution in [3.63, 3.8) is 0 Å². The molecule has 0 bridgehead atoms. The fourth-order valence-corrected chi connectivity index (χ4v) is 2.64. The smallest absolute Gasteiger partial charge is 0.228 e. The van der Waals surface area contributed by atoms with Crippen LogP contribution in [0.3, 0.4) is 0 Å². The predicted molar refractivity (Wildman–Crippen MR) is 85.0 cm³/mol. The lowest BCUT2D eigenvalue weighted by molar-refractivity contribution is 0.101. The number of para-hydroxylation sites is 1. The van der Waals surface area contributed by atoms with Crippen LogP contribution in [0.5, 0.6) is 5.75 Å². The number of carbonyl (C=O) groups excluding carboxylic acids is 1. The Bertz CT molecular complexity index is 805. The van der Waals surface area contributed by atoms with Gasteiger partial charge in [0.2, 0.25) is 5.78 Å². The standard InChI is InChI=1S/C17H13BrO3/c1-2-20-13-7-3-5-11(9-13)16(19)15-10-12-6-4-8-14(18)17(12)21-15/h3-10H,2H2,1H3. The van der Waals surface area contributed by atoms with E-state index in [2.05, 4.69) is 15.9 Å². The van der Waals surface area contributed by atoms with Crippen LogP contribution >= 0.6 is 15.9 Å². The van der Waals surface area contributed by atoms with Crippen LogP contribution < -0.4 is 4.74 Å². The Morgan fingerprint density at radius 3 is 2.76 bits per heavy atom. The summed E-state index contributed by atoms with van der Waals surface area (Å²) in [7, 11) is 0. The van der Waals surface area contributed by atoms with Gasteiger partial charge in [-0.05, 0) is 47.1 Å². The van der Waals surface area contributed by atoms with Crippen molar-refractivity contribution < 1.29 is 13.9 Å². The lowest BCUT2D eigenvalue weighted by Crippen LogP contribution is -2.00. The van der Waals surface area contributed by atoms with Crippen LogP contribution in [0.1, 0.15) is 23.0 Å². The molecule has 0 saturated heterocycles. The number of carbonyl (C=O) groups is 1. The van der Waals surface area contributed by atoms with Crippen LogP contribution in [0.4, 0.5) is 0 Å². The lowest BCUT2D eigenvalue weighted by Gasteiger charge is -2.04. The monoisotopic (exact) mass is 344 g/mol. The van der Waals surface area contributed by atoms with Crippen LogP contribution in [0.15, 0.2) is 57.4 Å². The third kappa shape index (κ3) is 2.72. The van der Waals surface area contributed by atoms with Gasteiger partial charge in [0, 0.05) is 10.9 Å². The summed E-state index contributed by atoms with van der Waals surface area (Å²) in [6.45, 7) is 2.47. The number of ether oxygens (including phenoxy) is 1. The second kappa shape index (κ2) is 5.74. The molecule has 1 heterocycles. The van der Waals surface area contributed by atoms with Crippen molar-refractivity contribution in [3.8, 4) is 5.75 Å². The molecule has 0 amide bonds. The molecule has 0 saturated carbocycles. The number of furan rings is 1. The SMILES string of the molecule is CCOc1cccc(C(=O)c2cc3cccc(Br)c3o2)c1. The molecule has 3 rings (SSSR count). The Hall–Kier alpha value is -2.07. The molecule has 2 aromatic carbocycles. The largest absolute Gasteiger partial charge is 0.494 e. The number of fused-ring (bicyclic) bond motifs is 1. The third-order valence-corrected chi connectivity index (χ3v) is 3.75. The maximum atomic E-state index is 12.5. The number of ketones is 1. The second-order valence-corrected chi connectivity index (χ2v) is 5.41. The molecular weight excluding hydrogens is 332 g/mol. The fourth-order valence-electron chi connectivity index (χ4n) is 2.18. The first-order valence-corrected chi connectivity index (χ1v) is 7.44. The molecule has 106 valence electrons. The van der Waals surface area contributed by atoms with E-state index in [9.17, 15) is 4.79 Å². The summed E-state index contributed by atoms with van der Waals surface area (Å²) in [6, 6.07) is 14.6. The van der Waals surface area contributed by atoms with E-state index in [-0.39, 0.29) is 5.78 Å². The molecular formula is C17H13BrO3. The first kappa shape index (κ1) is 13.9. The van der Waals surface area contributed by atoms with Crippen LogP contribution in [-0.4, -0.2) is 12.4 Å². The van der Waals surface area contributed by atoms with Gasteiger partial charge in [-0.1, -0.05) is 24.3 Å². The summed E-state index contributed by atoms with van der Waals surface area (Å²) in [5, 5.41) is 0.897. The summed E-state index contributed by atoms with van der Waals surface area (Å²) >= 11 is 3.42. The van der Waals surface area contributed by atoms with Gasteiger partial charge in [-0.2, -0.15) is 0 Å². The Morgan fingerprint density at radius 2 is 2.00 bits per heavy atom. The Balaban J connectivity index is 2.00. The lowest BCUT2D eigenvalue weighted by atomic mass is 10.1. The van der Waals surface area contributed by atoms with Crippen molar-refractivity contribution in [2.45, 2.75) is 6.92 Å². The van der Waals surface area contributed by atoms with E-state index in [0.29, 0.717) is 29.3 Å². The zero-order chi connectivity index (χ0) is 14.8. The fraction of sp³-hybridized carbons (Fsp3) is 0.118. The maximum absolute atomic E-state index is 12.5. The Labute approximate surface area is 130 Å². The van der Waals surface area contributed by atoms with Crippen LogP contribution in [0, 0.1) is 0 Å². The van der Waals surface area contributed by atoms with E-state index in [1.165, 1.54) is 0 Å². The number of benzene rings is 2. The zero-order valence-corrected chi connectivity index (χ0v) is 13.0. The average Bonchev–Trinajstić information content (AvgIpc) is 2.93. The summed E-state index contributed by atoms with van der Waals surface area (Å²) in [4.78, 5) is 12.5. The van der Waals surface area contributed by atoms with Crippen molar-refractivity contribution in [1.29, 1.82) is 0 Å². The van der Waals surface area contributed by atoms with Crippen LogP contribution in [0.2, 0.25) is 0 Å². The summed E-state index contributed by atoms with van der Waals surface area (Å²) in [6.07, 6.45) is 0. The predicted octanol–water partition coefficient (Wildman–Crippen LogP) is 4.83. The highest BCUT2D eigenvalue weighted by Gasteiger charge is 2.16. The van der Waals surface area contributed by atoms with E-state index in [4.69, 9.17) is 9.15 Å². The van der Waals surface area contributed by atoms with Crippen molar-refractivity contribution in [2.24, 2.45) is 0 Å². The van der Waals surface area contributed by atoms with Gasteiger partial charge < -0.3 is 9.15 Å². The minimum atomic E-state index is -0.153. The topological polar surface area (TPSA) is 39.4 Å². The first-order valence-electron chi connectivity index (χ1n) is 6.64. The van der Waals surface area contributed by atoms with E-state index in [1.807, 2.05) is 31.2 Å². The minimum absolute atomic E-state index is 0.153. The summed E-state index contributed by atoms with van der Waals surface area (Å²) in [5.74, 6) is 0.853. The van der Waals surface area contributed by atoms with Gasteiger partial charge in [-0.3, -0.25) is 4.79 Å². The molecule has 0 N–H and O–H groups in total. The van der Waals surface area contributed by atoms with E-state index < -0.39 is 0 Å². The van der Waals surface area contributed by atoms with Gasteiger partial charge in [-0.15, -0.1) is 0 Å². The molecule has 3 nitrogen and oxygen atoms in total. The third-order valence-electron chi connectivity index (χ3n) is 3.13. The minimum Gasteiger partial charge on any atom is -0.494 e. The molecule has 0 unspecified atom stereocenters. The molecule has 1 aromatic heterocycles. The quantitative estimate of drug-likeness (QED) is 0.636. The van der Waals surface area contributed by atoms with E-state index >= 15 is 0 Å². The molecule has 21 heavy (non-hydrogen) atoms. The highest BCUT2D eigenvalue weighted by Crippen LogP contribution is 2.28. The number of halogens is 1. The van der Waals surface area contributed by atoms with Gasteiger partial charge in [0.05, 0.1) is 11.1 Å². The first-order chi connectivity index (χ1) is 10.2. The molecule has 4 heteroatoms. The van der Waals surface area contributed by atoms with Gasteiger partial charge >= 0.3 is 0 Å². The normalized spacial score (nSPS) is 10.8. The number of hydrogen-bond donors (Lipinski definition) is 0. The second-order valence-electron chi connectivity index (χ2n) is 4.56. The molecule has 0 aliphatic carbocycles. The highest BCUT2D eigenvalue weighted by atomic mass is 79.9.